The third kappa shape index (κ3) is 22.8. The van der Waals surface area contributed by atoms with E-state index >= 15 is 0 Å². The minimum Gasteiger partial charge on any atom is -0.460 e. The molecule has 0 saturated heterocycles. The van der Waals surface area contributed by atoms with E-state index in [9.17, 15) is 24.9 Å². The monoisotopic (exact) mass is 582 g/mol. The van der Waals surface area contributed by atoms with E-state index in [4.69, 9.17) is 38.6 Å². The van der Waals surface area contributed by atoms with E-state index in [1.54, 1.807) is 0 Å². The molecule has 0 radical (unpaired) electrons. The smallest absolute Gasteiger partial charge is 0.330 e. The number of hydrogen-bond acceptors (Lipinski definition) is 13. The summed E-state index contributed by atoms with van der Waals surface area (Å²) in [6.07, 6.45) is -0.423. The maximum Gasteiger partial charge on any atom is 0.330 e. The van der Waals surface area contributed by atoms with Gasteiger partial charge in [0, 0.05) is 38.4 Å². The molecule has 0 aromatic carbocycles. The summed E-state index contributed by atoms with van der Waals surface area (Å²) in [5.74, 6) is -1.27. The molecular weight excluding hydrogens is 534 g/mol. The lowest BCUT2D eigenvalue weighted by molar-refractivity contribution is -0.920. The zero-order chi connectivity index (χ0) is 30.0. The van der Waals surface area contributed by atoms with Crippen LogP contribution in [-0.4, -0.2) is 148 Å². The molecule has 0 aliphatic rings. The summed E-state index contributed by atoms with van der Waals surface area (Å²) < 4.78 is 32.0. The summed E-state index contributed by atoms with van der Waals surface area (Å²) >= 11 is 0. The number of rotatable bonds is 28. The van der Waals surface area contributed by atoms with Crippen LogP contribution in [0.5, 0.6) is 0 Å². The fourth-order valence-corrected chi connectivity index (χ4v) is 3.03. The van der Waals surface area contributed by atoms with Crippen molar-refractivity contribution in [2.24, 2.45) is 0 Å². The van der Waals surface area contributed by atoms with Crippen LogP contribution < -0.4 is 4.90 Å². The van der Waals surface area contributed by atoms with Crippen LogP contribution in [0.25, 0.3) is 0 Å². The van der Waals surface area contributed by atoms with Gasteiger partial charge in [0.2, 0.25) is 0 Å². The van der Waals surface area contributed by atoms with Crippen molar-refractivity contribution in [3.63, 3.8) is 0 Å². The Hall–Kier alpha value is -1.98. The van der Waals surface area contributed by atoms with Crippen LogP contribution in [0.2, 0.25) is 0 Å². The Morgan fingerprint density at radius 2 is 1.12 bits per heavy atom. The van der Waals surface area contributed by atoms with Gasteiger partial charge in [0.15, 0.2) is 6.73 Å². The van der Waals surface area contributed by atoms with Crippen LogP contribution in [0, 0.1) is 0 Å². The molecule has 0 heterocycles. The summed E-state index contributed by atoms with van der Waals surface area (Å²) in [5.41, 5.74) is 0. The molecule has 0 aromatic rings. The van der Waals surface area contributed by atoms with Crippen molar-refractivity contribution in [3.05, 3.63) is 25.3 Å². The summed E-state index contributed by atoms with van der Waals surface area (Å²) in [4.78, 5) is 23.0. The largest absolute Gasteiger partial charge is 0.460 e. The lowest BCUT2D eigenvalue weighted by Gasteiger charge is -2.21. The van der Waals surface area contributed by atoms with Crippen LogP contribution in [0.1, 0.15) is 19.3 Å². The fourth-order valence-electron chi connectivity index (χ4n) is 3.03. The fraction of sp³-hybridized carbons (Fsp3) is 0.769. The van der Waals surface area contributed by atoms with Crippen molar-refractivity contribution in [2.45, 2.75) is 43.7 Å². The number of carbonyl (C=O) groups is 2. The maximum atomic E-state index is 11.1. The molecule has 0 aliphatic heterocycles. The first-order chi connectivity index (χ1) is 19.2. The van der Waals surface area contributed by atoms with Crippen molar-refractivity contribution < 1.29 is 68.4 Å². The van der Waals surface area contributed by atoms with E-state index in [-0.39, 0.29) is 85.6 Å². The second kappa shape index (κ2) is 26.0. The van der Waals surface area contributed by atoms with Gasteiger partial charge in [0.1, 0.15) is 32.4 Å². The van der Waals surface area contributed by atoms with Crippen LogP contribution >= 0.6 is 0 Å². The Balaban J connectivity index is 4.43. The van der Waals surface area contributed by atoms with E-state index in [1.165, 1.54) is 0 Å². The molecule has 234 valence electrons. The van der Waals surface area contributed by atoms with Crippen molar-refractivity contribution in [3.8, 4) is 0 Å². The van der Waals surface area contributed by atoms with Gasteiger partial charge in [0.25, 0.3) is 0 Å². The normalized spacial score (nSPS) is 14.3. The summed E-state index contributed by atoms with van der Waals surface area (Å²) in [6.45, 7) is 8.04. The van der Waals surface area contributed by atoms with Crippen LogP contribution in [-0.2, 0) is 38.0 Å². The highest BCUT2D eigenvalue weighted by Crippen LogP contribution is 2.03. The lowest BCUT2D eigenvalue weighted by atomic mass is 10.2. The average Bonchev–Trinajstić information content (AvgIpc) is 2.94. The molecule has 0 rings (SSSR count). The highest BCUT2D eigenvalue weighted by molar-refractivity contribution is 5.81. The molecule has 4 unspecified atom stereocenters. The molecule has 14 heteroatoms. The van der Waals surface area contributed by atoms with Gasteiger partial charge in [-0.25, -0.2) is 9.59 Å². The second-order valence-electron chi connectivity index (χ2n) is 8.85. The zero-order valence-corrected chi connectivity index (χ0v) is 23.2. The molecule has 0 fully saturated rings. The molecule has 0 bridgehead atoms. The summed E-state index contributed by atoms with van der Waals surface area (Å²) in [6, 6.07) is 0. The molecule has 4 atom stereocenters. The van der Waals surface area contributed by atoms with Crippen molar-refractivity contribution in [2.75, 3.05) is 85.9 Å². The minimum atomic E-state index is -0.928. The molecule has 0 aliphatic carbocycles. The zero-order valence-electron chi connectivity index (χ0n) is 23.2. The number of aliphatic hydroxyl groups excluding tert-OH is 5. The Labute approximate surface area is 235 Å². The number of carbonyl (C=O) groups excluding carboxylic acids is 2. The summed E-state index contributed by atoms with van der Waals surface area (Å²) in [5, 5.41) is 48.0. The third-order valence-electron chi connectivity index (χ3n) is 5.32. The molecule has 0 saturated carbocycles. The molecule has 6 N–H and O–H groups in total. The van der Waals surface area contributed by atoms with Crippen molar-refractivity contribution in [1.29, 1.82) is 0 Å². The van der Waals surface area contributed by atoms with Crippen LogP contribution in [0.3, 0.4) is 0 Å². The van der Waals surface area contributed by atoms with Crippen LogP contribution in [0.15, 0.2) is 25.3 Å². The standard InChI is InChI=1S/C26H47NO13/c1-3-25(33)39-16-22(31)6-13-36-19-24(38-14-7-23(32)17-40-26(34)4-2)18-35-12-5-21(30)15-37-20-27(8-10-28)9-11-29/h3-4,21-24,28-32H,1-2,5-20H2/p+1. The maximum absolute atomic E-state index is 11.1. The lowest BCUT2D eigenvalue weighted by Crippen LogP contribution is -3.13. The SMILES string of the molecule is C=CC(=O)OCC(O)CCOCC(COCCC(O)COC[NH+](CCO)CCO)OCCC(O)COC(=O)C=C. The average molecular weight is 583 g/mol. The van der Waals surface area contributed by atoms with Gasteiger partial charge in [-0.15, -0.1) is 0 Å². The number of esters is 2. The van der Waals surface area contributed by atoms with Crippen LogP contribution in [0.4, 0.5) is 0 Å². The van der Waals surface area contributed by atoms with Gasteiger partial charge in [-0.05, 0) is 12.8 Å². The van der Waals surface area contributed by atoms with Gasteiger partial charge in [-0.3, -0.25) is 0 Å². The topological polar surface area (TPSA) is 195 Å². The number of hydrogen-bond donors (Lipinski definition) is 6. The highest BCUT2D eigenvalue weighted by Gasteiger charge is 2.15. The Morgan fingerprint density at radius 1 is 0.675 bits per heavy atom. The molecular formula is C26H48NO13+. The van der Waals surface area contributed by atoms with Gasteiger partial charge in [-0.1, -0.05) is 13.2 Å². The van der Waals surface area contributed by atoms with E-state index in [0.29, 0.717) is 19.5 Å². The van der Waals surface area contributed by atoms with Gasteiger partial charge in [-0.2, -0.15) is 0 Å². The predicted molar refractivity (Wildman–Crippen MR) is 141 cm³/mol. The number of quaternary nitrogens is 1. The van der Waals surface area contributed by atoms with Crippen molar-refractivity contribution >= 4 is 11.9 Å². The summed E-state index contributed by atoms with van der Waals surface area (Å²) in [7, 11) is 0. The van der Waals surface area contributed by atoms with E-state index in [1.807, 2.05) is 0 Å². The first kappa shape index (κ1) is 38.0. The number of ether oxygens (including phenoxy) is 6. The van der Waals surface area contributed by atoms with Crippen molar-refractivity contribution in [1.82, 2.24) is 0 Å². The first-order valence-corrected chi connectivity index (χ1v) is 13.3. The van der Waals surface area contributed by atoms with Gasteiger partial charge < -0.3 is 58.9 Å². The molecule has 40 heavy (non-hydrogen) atoms. The van der Waals surface area contributed by atoms with Gasteiger partial charge in [0.05, 0.1) is 51.3 Å². The highest BCUT2D eigenvalue weighted by atomic mass is 16.6. The second-order valence-corrected chi connectivity index (χ2v) is 8.85. The van der Waals surface area contributed by atoms with Gasteiger partial charge >= 0.3 is 11.9 Å². The molecule has 0 spiro atoms. The Kier molecular flexibility index (Phi) is 24.7. The van der Waals surface area contributed by atoms with E-state index in [2.05, 4.69) is 13.2 Å². The first-order valence-electron chi connectivity index (χ1n) is 13.3. The Bertz CT molecular complexity index is 661. The van der Waals surface area contributed by atoms with E-state index < -0.39 is 36.4 Å². The molecule has 14 nitrogen and oxygen atoms in total. The molecule has 0 amide bonds. The minimum absolute atomic E-state index is 0.0322. The number of nitrogens with one attached hydrogen (secondary N) is 1. The predicted octanol–water partition coefficient (Wildman–Crippen LogP) is -3.04. The van der Waals surface area contributed by atoms with E-state index in [0.717, 1.165) is 17.1 Å². The molecule has 0 aromatic heterocycles. The quantitative estimate of drug-likeness (QED) is 0.0236. The Morgan fingerprint density at radius 3 is 1.57 bits per heavy atom. The number of aliphatic hydroxyl groups is 5. The third-order valence-corrected chi connectivity index (χ3v) is 5.32.